The molecule has 1 N–H and O–H groups in total. The molecule has 0 aromatic rings. The van der Waals surface area contributed by atoms with Gasteiger partial charge in [-0.05, 0) is 50.0 Å². The monoisotopic (exact) mass is 306 g/mol. The molecule has 1 spiro atoms. The maximum Gasteiger partial charge on any atom is 0.193 e. The van der Waals surface area contributed by atoms with Gasteiger partial charge in [-0.15, -0.1) is 0 Å². The van der Waals surface area contributed by atoms with Crippen molar-refractivity contribution in [2.45, 2.75) is 51.9 Å². The fraction of sp³-hybridized carbons (Fsp3) is 0.944. The van der Waals surface area contributed by atoms with Crippen molar-refractivity contribution >= 4 is 5.96 Å². The van der Waals surface area contributed by atoms with E-state index in [1.165, 1.54) is 71.1 Å². The van der Waals surface area contributed by atoms with Gasteiger partial charge in [0.1, 0.15) is 0 Å². The van der Waals surface area contributed by atoms with E-state index in [0.717, 1.165) is 25.0 Å². The molecule has 0 aromatic carbocycles. The van der Waals surface area contributed by atoms with Crippen LogP contribution in [0.25, 0.3) is 0 Å². The first kappa shape index (κ1) is 16.1. The first-order valence-corrected chi connectivity index (χ1v) is 9.39. The highest BCUT2D eigenvalue weighted by atomic mass is 15.3. The van der Waals surface area contributed by atoms with Gasteiger partial charge in [0.15, 0.2) is 5.96 Å². The Balaban J connectivity index is 1.43. The third-order valence-electron chi connectivity index (χ3n) is 6.07. The summed E-state index contributed by atoms with van der Waals surface area (Å²) in [7, 11) is 1.94. The Morgan fingerprint density at radius 1 is 1.18 bits per heavy atom. The summed E-state index contributed by atoms with van der Waals surface area (Å²) >= 11 is 0. The Labute approximate surface area is 136 Å². The van der Waals surface area contributed by atoms with Crippen LogP contribution in [-0.2, 0) is 0 Å². The zero-order valence-corrected chi connectivity index (χ0v) is 14.6. The van der Waals surface area contributed by atoms with Crippen molar-refractivity contribution in [2.75, 3.05) is 46.3 Å². The smallest absolute Gasteiger partial charge is 0.193 e. The fourth-order valence-corrected chi connectivity index (χ4v) is 4.80. The molecule has 1 aliphatic carbocycles. The lowest BCUT2D eigenvalue weighted by molar-refractivity contribution is 0.186. The van der Waals surface area contributed by atoms with Crippen LogP contribution in [0.2, 0.25) is 0 Å². The molecule has 0 aromatic heterocycles. The lowest BCUT2D eigenvalue weighted by Gasteiger charge is -2.31. The van der Waals surface area contributed by atoms with Gasteiger partial charge in [0.25, 0.3) is 0 Å². The minimum Gasteiger partial charge on any atom is -0.355 e. The molecule has 3 aliphatic rings. The Morgan fingerprint density at radius 2 is 2.00 bits per heavy atom. The Bertz CT molecular complexity index is 387. The average Bonchev–Trinajstić information content (AvgIpc) is 3.14. The molecule has 4 nitrogen and oxygen atoms in total. The van der Waals surface area contributed by atoms with Gasteiger partial charge < -0.3 is 15.1 Å². The van der Waals surface area contributed by atoms with E-state index in [2.05, 4.69) is 27.0 Å². The standard InChI is InChI=1S/C18H34N4/c1-16-6-5-11-21(14-16)13-10-20-17(19-2)22-12-9-18(15-22)7-3-4-8-18/h16H,3-15H2,1-2H3,(H,19,20). The predicted octanol–water partition coefficient (Wildman–Crippen LogP) is 2.56. The molecule has 2 heterocycles. The first-order valence-electron chi connectivity index (χ1n) is 9.39. The summed E-state index contributed by atoms with van der Waals surface area (Å²) in [4.78, 5) is 9.65. The number of hydrogen-bond acceptors (Lipinski definition) is 2. The maximum atomic E-state index is 4.54. The lowest BCUT2D eigenvalue weighted by Crippen LogP contribution is -2.45. The van der Waals surface area contributed by atoms with E-state index in [0.29, 0.717) is 5.41 Å². The molecule has 1 unspecified atom stereocenters. The zero-order chi connectivity index (χ0) is 15.4. The van der Waals surface area contributed by atoms with Crippen LogP contribution in [0, 0.1) is 11.3 Å². The molecule has 3 rings (SSSR count). The van der Waals surface area contributed by atoms with Crippen LogP contribution in [0.1, 0.15) is 51.9 Å². The third-order valence-corrected chi connectivity index (χ3v) is 6.07. The van der Waals surface area contributed by atoms with E-state index < -0.39 is 0 Å². The number of nitrogens with zero attached hydrogens (tertiary/aromatic N) is 3. The van der Waals surface area contributed by atoms with Crippen molar-refractivity contribution in [3.63, 3.8) is 0 Å². The molecule has 0 bridgehead atoms. The number of piperidine rings is 1. The van der Waals surface area contributed by atoms with Crippen molar-refractivity contribution in [3.8, 4) is 0 Å². The highest BCUT2D eigenvalue weighted by molar-refractivity contribution is 5.80. The Hall–Kier alpha value is -0.770. The number of nitrogens with one attached hydrogen (secondary N) is 1. The second-order valence-corrected chi connectivity index (χ2v) is 7.90. The summed E-state index contributed by atoms with van der Waals surface area (Å²) in [6.45, 7) is 9.54. The first-order chi connectivity index (χ1) is 10.7. The number of rotatable bonds is 3. The third kappa shape index (κ3) is 3.76. The van der Waals surface area contributed by atoms with Gasteiger partial charge in [-0.25, -0.2) is 0 Å². The van der Waals surface area contributed by atoms with Crippen molar-refractivity contribution in [1.82, 2.24) is 15.1 Å². The average molecular weight is 306 g/mol. The van der Waals surface area contributed by atoms with E-state index in [9.17, 15) is 0 Å². The minimum absolute atomic E-state index is 0.625. The van der Waals surface area contributed by atoms with Crippen molar-refractivity contribution in [3.05, 3.63) is 0 Å². The molecule has 0 amide bonds. The van der Waals surface area contributed by atoms with Gasteiger partial charge >= 0.3 is 0 Å². The van der Waals surface area contributed by atoms with Crippen LogP contribution in [0.3, 0.4) is 0 Å². The van der Waals surface area contributed by atoms with Gasteiger partial charge in [-0.1, -0.05) is 19.8 Å². The summed E-state index contributed by atoms with van der Waals surface area (Å²) < 4.78 is 0. The molecule has 126 valence electrons. The quantitative estimate of drug-likeness (QED) is 0.642. The second kappa shape index (κ2) is 7.20. The van der Waals surface area contributed by atoms with E-state index in [1.54, 1.807) is 0 Å². The lowest BCUT2D eigenvalue weighted by atomic mass is 9.86. The molecule has 2 saturated heterocycles. The fourth-order valence-electron chi connectivity index (χ4n) is 4.80. The van der Waals surface area contributed by atoms with Crippen LogP contribution in [0.15, 0.2) is 4.99 Å². The number of aliphatic imine (C=N–C) groups is 1. The van der Waals surface area contributed by atoms with Gasteiger partial charge in [0, 0.05) is 39.8 Å². The van der Waals surface area contributed by atoms with Gasteiger partial charge in [-0.2, -0.15) is 0 Å². The highest BCUT2D eigenvalue weighted by Crippen LogP contribution is 2.45. The van der Waals surface area contributed by atoms with Crippen LogP contribution in [0.5, 0.6) is 0 Å². The summed E-state index contributed by atoms with van der Waals surface area (Å²) in [5.74, 6) is 2.00. The second-order valence-electron chi connectivity index (χ2n) is 7.90. The van der Waals surface area contributed by atoms with E-state index in [-0.39, 0.29) is 0 Å². The highest BCUT2D eigenvalue weighted by Gasteiger charge is 2.41. The minimum atomic E-state index is 0.625. The topological polar surface area (TPSA) is 30.9 Å². The van der Waals surface area contributed by atoms with Crippen molar-refractivity contribution in [2.24, 2.45) is 16.3 Å². The summed E-state index contributed by atoms with van der Waals surface area (Å²) in [5.41, 5.74) is 0.625. The van der Waals surface area contributed by atoms with Gasteiger partial charge in [0.05, 0.1) is 0 Å². The maximum absolute atomic E-state index is 4.54. The molecule has 3 fully saturated rings. The van der Waals surface area contributed by atoms with E-state index in [4.69, 9.17) is 0 Å². The molecular formula is C18H34N4. The van der Waals surface area contributed by atoms with Gasteiger partial charge in [0.2, 0.25) is 0 Å². The summed E-state index contributed by atoms with van der Waals surface area (Å²) in [6, 6.07) is 0. The Morgan fingerprint density at radius 3 is 2.73 bits per heavy atom. The molecule has 1 saturated carbocycles. The molecule has 2 aliphatic heterocycles. The van der Waals surface area contributed by atoms with Crippen LogP contribution in [0.4, 0.5) is 0 Å². The number of likely N-dealkylation sites (tertiary alicyclic amines) is 2. The SMILES string of the molecule is CN=C(NCCN1CCCC(C)C1)N1CCC2(CCCC2)C1. The molecule has 4 heteroatoms. The van der Waals surface area contributed by atoms with Gasteiger partial charge in [-0.3, -0.25) is 4.99 Å². The van der Waals surface area contributed by atoms with Crippen molar-refractivity contribution < 1.29 is 0 Å². The van der Waals surface area contributed by atoms with Crippen molar-refractivity contribution in [1.29, 1.82) is 0 Å². The molecular weight excluding hydrogens is 272 g/mol. The predicted molar refractivity (Wildman–Crippen MR) is 93.3 cm³/mol. The van der Waals surface area contributed by atoms with Crippen LogP contribution >= 0.6 is 0 Å². The Kier molecular flexibility index (Phi) is 5.27. The summed E-state index contributed by atoms with van der Waals surface area (Å²) in [6.07, 6.45) is 9.89. The largest absolute Gasteiger partial charge is 0.355 e. The number of hydrogen-bond donors (Lipinski definition) is 1. The number of guanidine groups is 1. The zero-order valence-electron chi connectivity index (χ0n) is 14.6. The molecule has 0 radical (unpaired) electrons. The van der Waals surface area contributed by atoms with Crippen LogP contribution < -0.4 is 5.32 Å². The molecule has 22 heavy (non-hydrogen) atoms. The van der Waals surface area contributed by atoms with E-state index >= 15 is 0 Å². The van der Waals surface area contributed by atoms with Crippen LogP contribution in [-0.4, -0.2) is 62.1 Å². The molecule has 1 atom stereocenters. The normalized spacial score (nSPS) is 29.5. The van der Waals surface area contributed by atoms with E-state index in [1.807, 2.05) is 7.05 Å². The summed E-state index contributed by atoms with van der Waals surface area (Å²) in [5, 5.41) is 3.61.